The van der Waals surface area contributed by atoms with Gasteiger partial charge in [-0.3, -0.25) is 0 Å². The molecule has 0 fully saturated rings. The maximum atomic E-state index is 9.79. The predicted octanol–water partition coefficient (Wildman–Crippen LogP) is 6.31. The van der Waals surface area contributed by atoms with Crippen molar-refractivity contribution in [3.63, 3.8) is 0 Å². The molecule has 0 radical (unpaired) electrons. The van der Waals surface area contributed by atoms with Crippen LogP contribution in [0.25, 0.3) is 44.3 Å². The zero-order chi connectivity index (χ0) is 24.0. The molecule has 0 aliphatic heterocycles. The number of methoxy groups -OCH3 is 1. The first kappa shape index (κ1) is 22.0. The number of aromatic nitrogens is 4. The fourth-order valence-corrected chi connectivity index (χ4v) is 3.83. The van der Waals surface area contributed by atoms with E-state index in [-0.39, 0.29) is 5.75 Å². The Balaban J connectivity index is 0.000000145. The van der Waals surface area contributed by atoms with E-state index < -0.39 is 0 Å². The van der Waals surface area contributed by atoms with Crippen LogP contribution in [0, 0.1) is 0 Å². The molecule has 6 nitrogen and oxygen atoms in total. The molecule has 6 rings (SSSR count). The highest BCUT2D eigenvalue weighted by atomic mass is 16.5. The molecular formula is C29H22N4O2. The Labute approximate surface area is 202 Å². The van der Waals surface area contributed by atoms with Gasteiger partial charge < -0.3 is 9.84 Å². The summed E-state index contributed by atoms with van der Waals surface area (Å²) in [6.45, 7) is 0. The Hall–Kier alpha value is -4.84. The van der Waals surface area contributed by atoms with Crippen molar-refractivity contribution >= 4 is 22.1 Å². The van der Waals surface area contributed by atoms with Gasteiger partial charge in [-0.1, -0.05) is 36.4 Å². The Kier molecular flexibility index (Phi) is 6.26. The number of phenolic OH excluding ortho intramolecular Hbond substituents is 1. The minimum absolute atomic E-state index is 0.262. The van der Waals surface area contributed by atoms with Gasteiger partial charge in [0.1, 0.15) is 11.5 Å². The second kappa shape index (κ2) is 9.97. The normalized spacial score (nSPS) is 10.5. The van der Waals surface area contributed by atoms with Gasteiger partial charge in [-0.25, -0.2) is 19.9 Å². The smallest absolute Gasteiger partial charge is 0.159 e. The van der Waals surface area contributed by atoms with Gasteiger partial charge in [0, 0.05) is 57.8 Å². The minimum Gasteiger partial charge on any atom is -0.507 e. The fraction of sp³-hybridized carbons (Fsp3) is 0.0345. The molecule has 0 saturated carbocycles. The zero-order valence-corrected chi connectivity index (χ0v) is 19.0. The van der Waals surface area contributed by atoms with Gasteiger partial charge in [0.2, 0.25) is 0 Å². The minimum atomic E-state index is 0.262. The molecule has 6 aromatic rings. The quantitative estimate of drug-likeness (QED) is 0.335. The number of nitrogens with zero attached hydrogens (tertiary/aromatic N) is 4. The molecule has 0 saturated heterocycles. The number of hydrogen-bond acceptors (Lipinski definition) is 6. The summed E-state index contributed by atoms with van der Waals surface area (Å²) in [7, 11) is 1.68. The van der Waals surface area contributed by atoms with Crippen LogP contribution in [0.3, 0.4) is 0 Å². The van der Waals surface area contributed by atoms with Gasteiger partial charge in [0.15, 0.2) is 11.3 Å². The number of phenols is 1. The third-order valence-electron chi connectivity index (χ3n) is 5.54. The molecule has 0 spiro atoms. The van der Waals surface area contributed by atoms with Crippen molar-refractivity contribution in [1.29, 1.82) is 0 Å². The lowest BCUT2D eigenvalue weighted by atomic mass is 10.1. The van der Waals surface area contributed by atoms with Crippen LogP contribution in [0.5, 0.6) is 11.5 Å². The van der Waals surface area contributed by atoms with Crippen molar-refractivity contribution in [2.75, 3.05) is 7.11 Å². The van der Waals surface area contributed by atoms with Gasteiger partial charge in [0.25, 0.3) is 0 Å². The summed E-state index contributed by atoms with van der Waals surface area (Å²) in [5.74, 6) is 1.11. The van der Waals surface area contributed by atoms with Crippen molar-refractivity contribution in [2.24, 2.45) is 0 Å². The van der Waals surface area contributed by atoms with E-state index >= 15 is 0 Å². The average molecular weight is 459 g/mol. The first-order chi connectivity index (χ1) is 17.2. The highest BCUT2D eigenvalue weighted by Crippen LogP contribution is 2.31. The van der Waals surface area contributed by atoms with E-state index in [1.807, 2.05) is 72.9 Å². The zero-order valence-electron chi connectivity index (χ0n) is 19.0. The number of ether oxygens (including phenoxy) is 1. The van der Waals surface area contributed by atoms with E-state index in [2.05, 4.69) is 26.0 Å². The first-order valence-electron chi connectivity index (χ1n) is 11.1. The van der Waals surface area contributed by atoms with Crippen molar-refractivity contribution in [3.8, 4) is 33.8 Å². The van der Waals surface area contributed by atoms with Crippen LogP contribution >= 0.6 is 0 Å². The van der Waals surface area contributed by atoms with Crippen LogP contribution in [0.4, 0.5) is 0 Å². The molecular weight excluding hydrogens is 436 g/mol. The van der Waals surface area contributed by atoms with Gasteiger partial charge >= 0.3 is 0 Å². The van der Waals surface area contributed by atoms with E-state index in [4.69, 9.17) is 4.74 Å². The van der Waals surface area contributed by atoms with Crippen LogP contribution < -0.4 is 4.74 Å². The fourth-order valence-electron chi connectivity index (χ4n) is 3.83. The van der Waals surface area contributed by atoms with Crippen LogP contribution in [0.1, 0.15) is 0 Å². The van der Waals surface area contributed by atoms with Crippen molar-refractivity contribution in [1.82, 2.24) is 19.9 Å². The third kappa shape index (κ3) is 4.77. The van der Waals surface area contributed by atoms with Crippen molar-refractivity contribution < 1.29 is 9.84 Å². The van der Waals surface area contributed by atoms with Crippen LogP contribution in [0.2, 0.25) is 0 Å². The topological polar surface area (TPSA) is 81.0 Å². The molecule has 0 unspecified atom stereocenters. The summed E-state index contributed by atoms with van der Waals surface area (Å²) >= 11 is 0. The lowest BCUT2D eigenvalue weighted by Crippen LogP contribution is -1.89. The molecule has 170 valence electrons. The van der Waals surface area contributed by atoms with E-state index in [1.165, 1.54) is 0 Å². The monoisotopic (exact) mass is 458 g/mol. The molecule has 35 heavy (non-hydrogen) atoms. The first-order valence-corrected chi connectivity index (χ1v) is 11.1. The summed E-state index contributed by atoms with van der Waals surface area (Å²) in [4.78, 5) is 17.0. The largest absolute Gasteiger partial charge is 0.507 e. The number of fused-ring (bicyclic) bond motifs is 2. The molecule has 6 heteroatoms. The Morgan fingerprint density at radius 2 is 1.14 bits per heavy atom. The van der Waals surface area contributed by atoms with Crippen LogP contribution in [-0.2, 0) is 0 Å². The van der Waals surface area contributed by atoms with E-state index in [0.717, 1.165) is 44.4 Å². The molecule has 4 heterocycles. The summed E-state index contributed by atoms with van der Waals surface area (Å²) in [6.07, 6.45) is 7.02. The third-order valence-corrected chi connectivity index (χ3v) is 5.54. The second-order valence-electron chi connectivity index (χ2n) is 7.77. The van der Waals surface area contributed by atoms with E-state index in [9.17, 15) is 5.11 Å². The lowest BCUT2D eigenvalue weighted by Gasteiger charge is -2.08. The molecule has 0 aliphatic carbocycles. The molecule has 4 aromatic heterocycles. The Morgan fingerprint density at radius 3 is 1.74 bits per heavy atom. The van der Waals surface area contributed by atoms with Crippen molar-refractivity contribution in [3.05, 3.63) is 110 Å². The maximum Gasteiger partial charge on any atom is 0.159 e. The average Bonchev–Trinajstić information content (AvgIpc) is 2.93. The number of para-hydroxylation sites is 2. The highest BCUT2D eigenvalue weighted by Gasteiger charge is 2.07. The van der Waals surface area contributed by atoms with Gasteiger partial charge in [0.05, 0.1) is 7.11 Å². The van der Waals surface area contributed by atoms with Crippen LogP contribution in [0.15, 0.2) is 110 Å². The SMILES string of the molecule is COc1ccccc1-c1cnc2ncccc2c1.Oc1ccccc1-c1cnc2ncccc2c1. The summed E-state index contributed by atoms with van der Waals surface area (Å²) in [5.41, 5.74) is 5.23. The standard InChI is InChI=1S/C15H12N2O.C14H10N2O/c1-18-14-7-3-2-6-13(14)12-9-11-5-4-8-16-15(11)17-10-12;17-13-6-2-1-5-12(13)11-8-10-4-3-7-15-14(10)16-9-11/h2-10H,1H3;1-9,17H. The molecule has 0 amide bonds. The summed E-state index contributed by atoms with van der Waals surface area (Å²) in [5, 5.41) is 11.8. The van der Waals surface area contributed by atoms with Gasteiger partial charge in [-0.2, -0.15) is 0 Å². The molecule has 0 bridgehead atoms. The van der Waals surface area contributed by atoms with Crippen LogP contribution in [-0.4, -0.2) is 32.2 Å². The maximum absolute atomic E-state index is 9.79. The molecule has 2 aromatic carbocycles. The van der Waals surface area contributed by atoms with Crippen molar-refractivity contribution in [2.45, 2.75) is 0 Å². The highest BCUT2D eigenvalue weighted by molar-refractivity contribution is 5.83. The molecule has 0 atom stereocenters. The summed E-state index contributed by atoms with van der Waals surface area (Å²) < 4.78 is 5.37. The predicted molar refractivity (Wildman–Crippen MR) is 138 cm³/mol. The molecule has 1 N–H and O–H groups in total. The number of pyridine rings is 4. The number of aromatic hydroxyl groups is 1. The van der Waals surface area contributed by atoms with E-state index in [0.29, 0.717) is 5.65 Å². The Bertz CT molecular complexity index is 1620. The van der Waals surface area contributed by atoms with Gasteiger partial charge in [-0.05, 0) is 48.5 Å². The summed E-state index contributed by atoms with van der Waals surface area (Å²) in [6, 6.07) is 27.0. The number of rotatable bonds is 3. The number of hydrogen-bond donors (Lipinski definition) is 1. The number of benzene rings is 2. The Morgan fingerprint density at radius 1 is 0.600 bits per heavy atom. The lowest BCUT2D eigenvalue weighted by molar-refractivity contribution is 0.416. The molecule has 0 aliphatic rings. The second-order valence-corrected chi connectivity index (χ2v) is 7.77. The van der Waals surface area contributed by atoms with Gasteiger partial charge in [-0.15, -0.1) is 0 Å². The van der Waals surface area contributed by atoms with E-state index in [1.54, 1.807) is 37.8 Å².